The van der Waals surface area contributed by atoms with Gasteiger partial charge < -0.3 is 5.32 Å². The average Bonchev–Trinajstić information content (AvgIpc) is 3.42. The number of hydrogen-bond acceptors (Lipinski definition) is 5. The molecule has 2 aromatic heterocycles. The minimum atomic E-state index is -0.0303. The lowest BCUT2D eigenvalue weighted by Crippen LogP contribution is -2.38. The molecule has 2 N–H and O–H groups in total. The van der Waals surface area contributed by atoms with Crippen LogP contribution in [0.1, 0.15) is 44.1 Å². The number of benzene rings is 1. The number of aromatic amines is 1. The first-order valence-electron chi connectivity index (χ1n) is 10.00. The van der Waals surface area contributed by atoms with Crippen LogP contribution in [0.3, 0.4) is 0 Å². The molecule has 0 aliphatic carbocycles. The van der Waals surface area contributed by atoms with E-state index in [1.54, 1.807) is 6.92 Å². The van der Waals surface area contributed by atoms with E-state index in [0.717, 1.165) is 31.0 Å². The lowest BCUT2D eigenvalue weighted by molar-refractivity contribution is -0.119. The molecule has 4 rings (SSSR count). The lowest BCUT2D eigenvalue weighted by Gasteiger charge is -2.16. The topological polar surface area (TPSA) is 91.7 Å². The Hall–Kier alpha value is -3.00. The third-order valence-electron chi connectivity index (χ3n) is 5.26. The van der Waals surface area contributed by atoms with Crippen molar-refractivity contribution in [1.82, 2.24) is 35.2 Å². The summed E-state index contributed by atoms with van der Waals surface area (Å²) < 4.78 is 1.97. The summed E-state index contributed by atoms with van der Waals surface area (Å²) in [5.74, 6) is 1.52. The van der Waals surface area contributed by atoms with Crippen molar-refractivity contribution in [2.75, 3.05) is 13.1 Å². The van der Waals surface area contributed by atoms with E-state index in [0.29, 0.717) is 11.9 Å². The molecule has 3 aromatic rings. The second-order valence-corrected chi connectivity index (χ2v) is 7.94. The summed E-state index contributed by atoms with van der Waals surface area (Å²) >= 11 is 0. The molecule has 0 spiro atoms. The van der Waals surface area contributed by atoms with E-state index in [1.165, 1.54) is 5.56 Å². The number of aromatic nitrogens is 5. The number of carbonyl (C=O) groups is 1. The van der Waals surface area contributed by atoms with Gasteiger partial charge in [0.25, 0.3) is 0 Å². The number of hydrogen-bond donors (Lipinski definition) is 2. The van der Waals surface area contributed by atoms with E-state index in [9.17, 15) is 4.79 Å². The summed E-state index contributed by atoms with van der Waals surface area (Å²) in [5.41, 5.74) is 2.14. The summed E-state index contributed by atoms with van der Waals surface area (Å²) in [4.78, 5) is 18.8. The summed E-state index contributed by atoms with van der Waals surface area (Å²) in [6.07, 6.45) is 4.01. The van der Waals surface area contributed by atoms with Gasteiger partial charge in [0.1, 0.15) is 5.82 Å². The molecule has 2 atom stereocenters. The van der Waals surface area contributed by atoms with Crippen LogP contribution in [0, 0.1) is 0 Å². The zero-order valence-corrected chi connectivity index (χ0v) is 17.0. The Morgan fingerprint density at radius 1 is 1.28 bits per heavy atom. The number of nitrogens with one attached hydrogen (secondary N) is 2. The molecule has 1 fully saturated rings. The van der Waals surface area contributed by atoms with Crippen molar-refractivity contribution in [2.24, 2.45) is 0 Å². The maximum absolute atomic E-state index is 11.8. The van der Waals surface area contributed by atoms with Crippen LogP contribution in [0.15, 0.2) is 42.7 Å². The van der Waals surface area contributed by atoms with Crippen molar-refractivity contribution >= 4 is 5.91 Å². The molecule has 1 aromatic carbocycles. The molecule has 8 nitrogen and oxygen atoms in total. The molecule has 1 amide bonds. The van der Waals surface area contributed by atoms with Crippen molar-refractivity contribution in [2.45, 2.75) is 45.3 Å². The SMILES string of the molecule is CC(=O)N[C@@H]1CN(Cc2cnn(C(C)C)c2)C[C@H]1c1nc(-c2ccccc2)n[nH]1. The predicted octanol–water partition coefficient (Wildman–Crippen LogP) is 2.35. The summed E-state index contributed by atoms with van der Waals surface area (Å²) in [6.45, 7) is 8.13. The molecule has 8 heteroatoms. The Labute approximate surface area is 170 Å². The molecule has 3 heterocycles. The number of likely N-dealkylation sites (tertiary alicyclic amines) is 1. The lowest BCUT2D eigenvalue weighted by atomic mass is 10.0. The third-order valence-corrected chi connectivity index (χ3v) is 5.26. The summed E-state index contributed by atoms with van der Waals surface area (Å²) in [7, 11) is 0. The summed E-state index contributed by atoms with van der Waals surface area (Å²) in [5, 5.41) is 15.0. The minimum absolute atomic E-state index is 0.00998. The zero-order chi connectivity index (χ0) is 20.4. The zero-order valence-electron chi connectivity index (χ0n) is 17.0. The highest BCUT2D eigenvalue weighted by Crippen LogP contribution is 2.28. The van der Waals surface area contributed by atoms with Gasteiger partial charge in [-0.15, -0.1) is 0 Å². The normalized spacial score (nSPS) is 19.7. The Morgan fingerprint density at radius 3 is 2.76 bits per heavy atom. The van der Waals surface area contributed by atoms with Crippen LogP contribution in [-0.2, 0) is 11.3 Å². The minimum Gasteiger partial charge on any atom is -0.352 e. The van der Waals surface area contributed by atoms with Crippen LogP contribution in [0.2, 0.25) is 0 Å². The Morgan fingerprint density at radius 2 is 2.07 bits per heavy atom. The van der Waals surface area contributed by atoms with E-state index in [-0.39, 0.29) is 17.9 Å². The van der Waals surface area contributed by atoms with Crippen molar-refractivity contribution < 1.29 is 4.79 Å². The van der Waals surface area contributed by atoms with E-state index in [1.807, 2.05) is 41.2 Å². The highest BCUT2D eigenvalue weighted by Gasteiger charge is 2.36. The molecule has 1 aliphatic heterocycles. The van der Waals surface area contributed by atoms with Gasteiger partial charge in [0.15, 0.2) is 5.82 Å². The second-order valence-electron chi connectivity index (χ2n) is 7.94. The van der Waals surface area contributed by atoms with Crippen LogP contribution in [0.4, 0.5) is 0 Å². The summed E-state index contributed by atoms with van der Waals surface area (Å²) in [6, 6.07) is 10.2. The van der Waals surface area contributed by atoms with Crippen molar-refractivity contribution in [3.8, 4) is 11.4 Å². The van der Waals surface area contributed by atoms with Gasteiger partial charge in [-0.3, -0.25) is 19.5 Å². The van der Waals surface area contributed by atoms with Crippen LogP contribution in [0.25, 0.3) is 11.4 Å². The smallest absolute Gasteiger partial charge is 0.217 e. The van der Waals surface area contributed by atoms with Gasteiger partial charge in [-0.05, 0) is 13.8 Å². The van der Waals surface area contributed by atoms with Gasteiger partial charge in [-0.1, -0.05) is 30.3 Å². The van der Waals surface area contributed by atoms with E-state index < -0.39 is 0 Å². The molecular formula is C21H27N7O. The van der Waals surface area contributed by atoms with Gasteiger partial charge in [0, 0.05) is 49.9 Å². The Balaban J connectivity index is 1.51. The maximum atomic E-state index is 11.8. The predicted molar refractivity (Wildman–Crippen MR) is 110 cm³/mol. The molecule has 29 heavy (non-hydrogen) atoms. The fraction of sp³-hybridized carbons (Fsp3) is 0.429. The molecule has 152 valence electrons. The number of nitrogens with zero attached hydrogens (tertiary/aromatic N) is 5. The van der Waals surface area contributed by atoms with Crippen molar-refractivity contribution in [3.63, 3.8) is 0 Å². The first-order valence-corrected chi connectivity index (χ1v) is 10.00. The van der Waals surface area contributed by atoms with Gasteiger partial charge in [-0.25, -0.2) is 4.98 Å². The molecule has 0 bridgehead atoms. The standard InChI is InChI=1S/C21H27N7O/c1-14(2)28-11-16(9-22-28)10-27-12-18(19(13-27)23-15(3)29)21-24-20(25-26-21)17-7-5-4-6-8-17/h4-9,11,14,18-19H,10,12-13H2,1-3H3,(H,23,29)(H,24,25,26)/t18-,19-/m1/s1. The molecule has 0 unspecified atom stereocenters. The molecule has 1 aliphatic rings. The first kappa shape index (κ1) is 19.3. The van der Waals surface area contributed by atoms with Gasteiger partial charge in [0.05, 0.1) is 18.2 Å². The van der Waals surface area contributed by atoms with Crippen LogP contribution < -0.4 is 5.32 Å². The largest absolute Gasteiger partial charge is 0.352 e. The van der Waals surface area contributed by atoms with E-state index in [2.05, 4.69) is 45.6 Å². The molecule has 0 saturated carbocycles. The second kappa shape index (κ2) is 8.16. The van der Waals surface area contributed by atoms with E-state index >= 15 is 0 Å². The highest BCUT2D eigenvalue weighted by molar-refractivity contribution is 5.73. The first-order chi connectivity index (χ1) is 14.0. The molecular weight excluding hydrogens is 366 g/mol. The Bertz CT molecular complexity index is 962. The third kappa shape index (κ3) is 4.37. The van der Waals surface area contributed by atoms with E-state index in [4.69, 9.17) is 4.98 Å². The molecule has 0 radical (unpaired) electrons. The monoisotopic (exact) mass is 393 g/mol. The quantitative estimate of drug-likeness (QED) is 0.671. The van der Waals surface area contributed by atoms with Gasteiger partial charge >= 0.3 is 0 Å². The van der Waals surface area contributed by atoms with Crippen molar-refractivity contribution in [3.05, 3.63) is 54.1 Å². The fourth-order valence-electron chi connectivity index (χ4n) is 3.85. The number of H-pyrrole nitrogens is 1. The Kier molecular flexibility index (Phi) is 5.44. The van der Waals surface area contributed by atoms with Crippen LogP contribution >= 0.6 is 0 Å². The number of carbonyl (C=O) groups excluding carboxylic acids is 1. The number of amides is 1. The van der Waals surface area contributed by atoms with Crippen molar-refractivity contribution in [1.29, 1.82) is 0 Å². The molecule has 1 saturated heterocycles. The number of rotatable bonds is 6. The highest BCUT2D eigenvalue weighted by atomic mass is 16.1. The van der Waals surface area contributed by atoms with Crippen LogP contribution in [0.5, 0.6) is 0 Å². The fourth-order valence-corrected chi connectivity index (χ4v) is 3.85. The van der Waals surface area contributed by atoms with Gasteiger partial charge in [-0.2, -0.15) is 10.2 Å². The average molecular weight is 393 g/mol. The van der Waals surface area contributed by atoms with Crippen LogP contribution in [-0.4, -0.2) is 54.9 Å². The maximum Gasteiger partial charge on any atom is 0.217 e. The van der Waals surface area contributed by atoms with Gasteiger partial charge in [0.2, 0.25) is 5.91 Å².